The summed E-state index contributed by atoms with van der Waals surface area (Å²) in [6.07, 6.45) is 0. The molecule has 1 amide bonds. The second-order valence-electron chi connectivity index (χ2n) is 8.00. The van der Waals surface area contributed by atoms with E-state index in [1.54, 1.807) is 0 Å². The summed E-state index contributed by atoms with van der Waals surface area (Å²) >= 11 is 11.9. The maximum Gasteiger partial charge on any atom is 0.243 e. The van der Waals surface area contributed by atoms with E-state index in [-0.39, 0.29) is 22.4 Å². The Morgan fingerprint density at radius 3 is 2.35 bits per heavy atom. The molecule has 0 bridgehead atoms. The summed E-state index contributed by atoms with van der Waals surface area (Å²) in [6.45, 7) is 7.93. The van der Waals surface area contributed by atoms with Gasteiger partial charge >= 0.3 is 0 Å². The summed E-state index contributed by atoms with van der Waals surface area (Å²) in [5.74, 6) is 0.197. The lowest BCUT2D eigenvalue weighted by Gasteiger charge is -2.33. The van der Waals surface area contributed by atoms with Gasteiger partial charge in [-0.05, 0) is 42.2 Å². The topological polar surface area (TPSA) is 69.7 Å². The van der Waals surface area contributed by atoms with E-state index in [9.17, 15) is 13.2 Å². The van der Waals surface area contributed by atoms with E-state index in [2.05, 4.69) is 19.2 Å². The van der Waals surface area contributed by atoms with Crippen LogP contribution in [0.3, 0.4) is 0 Å². The van der Waals surface area contributed by atoms with Crippen LogP contribution in [-0.4, -0.2) is 56.3 Å². The van der Waals surface area contributed by atoms with E-state index in [1.807, 2.05) is 30.0 Å². The number of benzene rings is 2. The molecule has 9 heteroatoms. The van der Waals surface area contributed by atoms with Gasteiger partial charge in [0.15, 0.2) is 0 Å². The van der Waals surface area contributed by atoms with Crippen molar-refractivity contribution in [3.8, 4) is 0 Å². The van der Waals surface area contributed by atoms with Crippen LogP contribution in [0.4, 0.5) is 5.69 Å². The van der Waals surface area contributed by atoms with Crippen LogP contribution in [0, 0.1) is 6.92 Å². The summed E-state index contributed by atoms with van der Waals surface area (Å²) in [5.41, 5.74) is 2.99. The largest absolute Gasteiger partial charge is 0.324 e. The molecule has 6 nitrogen and oxygen atoms in total. The SMILES string of the molecule is Cc1cccc(C(C)C)c1NC(=O)CN1CCN(S(=O)(=O)c2ccc(Cl)c(Cl)c2)CC1. The summed E-state index contributed by atoms with van der Waals surface area (Å²) in [4.78, 5) is 14.7. The van der Waals surface area contributed by atoms with Crippen molar-refractivity contribution in [3.63, 3.8) is 0 Å². The van der Waals surface area contributed by atoms with Crippen LogP contribution < -0.4 is 5.32 Å². The van der Waals surface area contributed by atoms with E-state index >= 15 is 0 Å². The third-order valence-electron chi connectivity index (χ3n) is 5.42. The van der Waals surface area contributed by atoms with E-state index in [0.29, 0.717) is 37.1 Å². The van der Waals surface area contributed by atoms with Crippen molar-refractivity contribution in [2.24, 2.45) is 0 Å². The second kappa shape index (κ2) is 9.88. The molecular weight excluding hydrogens is 457 g/mol. The minimum atomic E-state index is -3.66. The highest BCUT2D eigenvalue weighted by molar-refractivity contribution is 7.89. The number of carbonyl (C=O) groups excluding carboxylic acids is 1. The molecule has 1 heterocycles. The number of piperazine rings is 1. The predicted molar refractivity (Wildman–Crippen MR) is 126 cm³/mol. The Morgan fingerprint density at radius 2 is 1.74 bits per heavy atom. The third kappa shape index (κ3) is 5.59. The van der Waals surface area contributed by atoms with Gasteiger partial charge in [-0.15, -0.1) is 0 Å². The summed E-state index contributed by atoms with van der Waals surface area (Å²) < 4.78 is 27.2. The normalized spacial score (nSPS) is 15.9. The van der Waals surface area contributed by atoms with Gasteiger partial charge in [0.05, 0.1) is 21.5 Å². The van der Waals surface area contributed by atoms with Crippen molar-refractivity contribution in [1.82, 2.24) is 9.21 Å². The van der Waals surface area contributed by atoms with Gasteiger partial charge in [0.25, 0.3) is 0 Å². The molecule has 1 N–H and O–H groups in total. The maximum absolute atomic E-state index is 12.9. The van der Waals surface area contributed by atoms with E-state index in [1.165, 1.54) is 22.5 Å². The Bertz CT molecular complexity index is 1070. The molecule has 0 radical (unpaired) electrons. The Kier molecular flexibility index (Phi) is 7.65. The molecule has 168 valence electrons. The predicted octanol–water partition coefficient (Wildman–Crippen LogP) is 4.37. The summed E-state index contributed by atoms with van der Waals surface area (Å²) in [5, 5.41) is 3.56. The number of carbonyl (C=O) groups is 1. The number of nitrogens with one attached hydrogen (secondary N) is 1. The number of aryl methyl sites for hydroxylation is 1. The zero-order chi connectivity index (χ0) is 22.8. The first-order valence-electron chi connectivity index (χ1n) is 10.2. The molecule has 3 rings (SSSR count). The monoisotopic (exact) mass is 483 g/mol. The van der Waals surface area contributed by atoms with Gasteiger partial charge in [-0.1, -0.05) is 55.2 Å². The first-order valence-corrected chi connectivity index (χ1v) is 12.4. The minimum absolute atomic E-state index is 0.100. The molecule has 1 aliphatic rings. The maximum atomic E-state index is 12.9. The lowest BCUT2D eigenvalue weighted by atomic mass is 9.98. The number of hydrogen-bond donors (Lipinski definition) is 1. The number of amides is 1. The van der Waals surface area contributed by atoms with Crippen LogP contribution in [0.2, 0.25) is 10.0 Å². The Morgan fingerprint density at radius 1 is 1.06 bits per heavy atom. The van der Waals surface area contributed by atoms with Crippen LogP contribution in [0.5, 0.6) is 0 Å². The average Bonchev–Trinajstić information content (AvgIpc) is 2.71. The van der Waals surface area contributed by atoms with Crippen LogP contribution in [-0.2, 0) is 14.8 Å². The molecule has 0 saturated carbocycles. The Hall–Kier alpha value is -1.64. The zero-order valence-electron chi connectivity index (χ0n) is 17.9. The van der Waals surface area contributed by atoms with E-state index in [4.69, 9.17) is 23.2 Å². The van der Waals surface area contributed by atoms with Crippen molar-refractivity contribution in [1.29, 1.82) is 0 Å². The summed E-state index contributed by atoms with van der Waals surface area (Å²) in [7, 11) is -3.66. The number of anilines is 1. The van der Waals surface area contributed by atoms with Crippen molar-refractivity contribution >= 4 is 44.8 Å². The van der Waals surface area contributed by atoms with Crippen LogP contribution >= 0.6 is 23.2 Å². The average molecular weight is 484 g/mol. The summed E-state index contributed by atoms with van der Waals surface area (Å²) in [6, 6.07) is 10.3. The molecule has 1 saturated heterocycles. The van der Waals surface area contributed by atoms with Gasteiger partial charge in [-0.25, -0.2) is 8.42 Å². The second-order valence-corrected chi connectivity index (χ2v) is 10.8. The minimum Gasteiger partial charge on any atom is -0.324 e. The Labute approximate surface area is 194 Å². The van der Waals surface area contributed by atoms with Crippen molar-refractivity contribution in [2.75, 3.05) is 38.0 Å². The number of hydrogen-bond acceptors (Lipinski definition) is 4. The van der Waals surface area contributed by atoms with Gasteiger partial charge in [0, 0.05) is 31.9 Å². The quantitative estimate of drug-likeness (QED) is 0.661. The standard InChI is InChI=1S/C22H27Cl2N3O3S/c1-15(2)18-6-4-5-16(3)22(18)25-21(28)14-26-9-11-27(12-10-26)31(29,30)17-7-8-19(23)20(24)13-17/h4-8,13,15H,9-12,14H2,1-3H3,(H,25,28). The molecular formula is C22H27Cl2N3O3S. The van der Waals surface area contributed by atoms with Gasteiger partial charge in [0.1, 0.15) is 0 Å². The van der Waals surface area contributed by atoms with Crippen molar-refractivity contribution in [2.45, 2.75) is 31.6 Å². The number of sulfonamides is 1. The molecule has 2 aromatic rings. The third-order valence-corrected chi connectivity index (χ3v) is 8.05. The number of rotatable bonds is 6. The molecule has 0 spiro atoms. The van der Waals surface area contributed by atoms with Gasteiger partial charge in [-0.3, -0.25) is 9.69 Å². The van der Waals surface area contributed by atoms with E-state index < -0.39 is 10.0 Å². The number of halogens is 2. The molecule has 1 aliphatic heterocycles. The highest BCUT2D eigenvalue weighted by Gasteiger charge is 2.29. The molecule has 0 unspecified atom stereocenters. The lowest BCUT2D eigenvalue weighted by Crippen LogP contribution is -2.50. The van der Waals surface area contributed by atoms with Crippen LogP contribution in [0.15, 0.2) is 41.3 Å². The van der Waals surface area contributed by atoms with Crippen molar-refractivity contribution < 1.29 is 13.2 Å². The molecule has 2 aromatic carbocycles. The Balaban J connectivity index is 1.60. The zero-order valence-corrected chi connectivity index (χ0v) is 20.2. The number of nitrogens with zero attached hydrogens (tertiary/aromatic N) is 2. The van der Waals surface area contributed by atoms with Crippen LogP contribution in [0.25, 0.3) is 0 Å². The van der Waals surface area contributed by atoms with Crippen LogP contribution in [0.1, 0.15) is 30.9 Å². The lowest BCUT2D eigenvalue weighted by molar-refractivity contribution is -0.117. The smallest absolute Gasteiger partial charge is 0.243 e. The fourth-order valence-corrected chi connectivity index (χ4v) is 5.45. The van der Waals surface area contributed by atoms with Gasteiger partial charge in [0.2, 0.25) is 15.9 Å². The first kappa shape index (κ1) is 24.0. The highest BCUT2D eigenvalue weighted by Crippen LogP contribution is 2.28. The fourth-order valence-electron chi connectivity index (χ4n) is 3.64. The van der Waals surface area contributed by atoms with Gasteiger partial charge < -0.3 is 5.32 Å². The van der Waals surface area contributed by atoms with Crippen molar-refractivity contribution in [3.05, 3.63) is 57.6 Å². The first-order chi connectivity index (χ1) is 14.6. The molecule has 0 atom stereocenters. The number of para-hydroxylation sites is 1. The van der Waals surface area contributed by atoms with Gasteiger partial charge in [-0.2, -0.15) is 4.31 Å². The molecule has 31 heavy (non-hydrogen) atoms. The molecule has 0 aromatic heterocycles. The highest BCUT2D eigenvalue weighted by atomic mass is 35.5. The molecule has 1 fully saturated rings. The fraction of sp³-hybridized carbons (Fsp3) is 0.409. The van der Waals surface area contributed by atoms with E-state index in [0.717, 1.165) is 16.8 Å². The molecule has 0 aliphatic carbocycles.